The Kier molecular flexibility index (Phi) is 2.79. The number of phenols is 4. The largest absolute Gasteiger partial charge is 0.504 e. The van der Waals surface area contributed by atoms with Crippen LogP contribution in [0.3, 0.4) is 0 Å². The highest BCUT2D eigenvalue weighted by Crippen LogP contribution is 2.43. The van der Waals surface area contributed by atoms with Crippen LogP contribution in [0, 0.1) is 0 Å². The summed E-state index contributed by atoms with van der Waals surface area (Å²) in [6.45, 7) is 0. The Bertz CT molecular complexity index is 350. The quantitative estimate of drug-likeness (QED) is 0.219. The Morgan fingerprint density at radius 1 is 0.786 bits per heavy atom. The molecule has 8 heteroatoms. The van der Waals surface area contributed by atoms with E-state index in [1.54, 1.807) is 0 Å². The van der Waals surface area contributed by atoms with Gasteiger partial charge in [0.05, 0.1) is 5.46 Å². The van der Waals surface area contributed by atoms with Crippen LogP contribution in [0.25, 0.3) is 0 Å². The summed E-state index contributed by atoms with van der Waals surface area (Å²) in [5.41, 5.74) is -0.761. The second-order valence-corrected chi connectivity index (χ2v) is 3.29. The van der Waals surface area contributed by atoms with Gasteiger partial charge < -0.3 is 30.5 Å². The molecule has 6 N–H and O–H groups in total. The van der Waals surface area contributed by atoms with Gasteiger partial charge in [-0.25, -0.2) is 0 Å². The van der Waals surface area contributed by atoms with E-state index >= 15 is 0 Å². The number of halogens is 1. The maximum atomic E-state index is 9.18. The van der Waals surface area contributed by atoms with Crippen LogP contribution in [0.4, 0.5) is 0 Å². The van der Waals surface area contributed by atoms with Crippen LogP contribution in [0.5, 0.6) is 23.0 Å². The Balaban J connectivity index is 3.60. The molecular weight excluding hydrogens is 259 g/mol. The lowest BCUT2D eigenvalue weighted by Crippen LogP contribution is -2.30. The van der Waals surface area contributed by atoms with Crippen molar-refractivity contribution in [2.75, 3.05) is 0 Å². The fourth-order valence-corrected chi connectivity index (χ4v) is 1.31. The van der Waals surface area contributed by atoms with E-state index in [2.05, 4.69) is 15.9 Å². The molecule has 0 unspecified atom stereocenters. The van der Waals surface area contributed by atoms with Gasteiger partial charge >= 0.3 is 7.12 Å². The molecule has 1 aromatic carbocycles. The van der Waals surface area contributed by atoms with E-state index < -0.39 is 35.6 Å². The first-order chi connectivity index (χ1) is 6.37. The molecule has 0 radical (unpaired) electrons. The third-order valence-electron chi connectivity index (χ3n) is 1.63. The van der Waals surface area contributed by atoms with Crippen LogP contribution >= 0.6 is 15.9 Å². The molecule has 1 aromatic rings. The first kappa shape index (κ1) is 11.0. The molecule has 0 aliphatic rings. The van der Waals surface area contributed by atoms with Crippen molar-refractivity contribution >= 4 is 28.5 Å². The molecular formula is C6H6BBrO6. The molecule has 0 amide bonds. The summed E-state index contributed by atoms with van der Waals surface area (Å²) >= 11 is 2.68. The van der Waals surface area contributed by atoms with Crippen molar-refractivity contribution in [2.24, 2.45) is 0 Å². The van der Waals surface area contributed by atoms with Gasteiger partial charge in [-0.05, 0) is 15.9 Å². The van der Waals surface area contributed by atoms with Crippen molar-refractivity contribution in [2.45, 2.75) is 0 Å². The van der Waals surface area contributed by atoms with Crippen molar-refractivity contribution in [3.8, 4) is 23.0 Å². The number of hydrogen-bond donors (Lipinski definition) is 6. The van der Waals surface area contributed by atoms with Crippen LogP contribution in [0.15, 0.2) is 4.47 Å². The fraction of sp³-hybridized carbons (Fsp3) is 0. The molecule has 14 heavy (non-hydrogen) atoms. The predicted molar refractivity (Wildman–Crippen MR) is 50.6 cm³/mol. The standard InChI is InChI=1S/C6H6BBrO6/c8-2-5(11)3(9)1(7(13)14)4(10)6(2)12/h9-14H. The van der Waals surface area contributed by atoms with Crippen molar-refractivity contribution in [3.63, 3.8) is 0 Å². The maximum absolute atomic E-state index is 9.18. The topological polar surface area (TPSA) is 121 Å². The summed E-state index contributed by atoms with van der Waals surface area (Å²) in [6.07, 6.45) is 0. The van der Waals surface area contributed by atoms with E-state index in [-0.39, 0.29) is 4.47 Å². The highest BCUT2D eigenvalue weighted by Gasteiger charge is 2.29. The number of benzene rings is 1. The zero-order valence-electron chi connectivity index (χ0n) is 6.64. The molecule has 0 aliphatic heterocycles. The number of hydrogen-bond acceptors (Lipinski definition) is 6. The van der Waals surface area contributed by atoms with Crippen LogP contribution in [-0.2, 0) is 0 Å². The van der Waals surface area contributed by atoms with Gasteiger partial charge in [0, 0.05) is 0 Å². The van der Waals surface area contributed by atoms with E-state index in [0.29, 0.717) is 0 Å². The van der Waals surface area contributed by atoms with E-state index in [1.165, 1.54) is 0 Å². The zero-order valence-corrected chi connectivity index (χ0v) is 8.22. The predicted octanol–water partition coefficient (Wildman–Crippen LogP) is -1.05. The summed E-state index contributed by atoms with van der Waals surface area (Å²) in [6, 6.07) is 0. The summed E-state index contributed by atoms with van der Waals surface area (Å²) in [7, 11) is -2.21. The van der Waals surface area contributed by atoms with E-state index in [9.17, 15) is 10.2 Å². The first-order valence-electron chi connectivity index (χ1n) is 3.39. The lowest BCUT2D eigenvalue weighted by atomic mass is 9.78. The minimum absolute atomic E-state index is 0.336. The summed E-state index contributed by atoms with van der Waals surface area (Å²) in [5, 5.41) is 54.1. The second-order valence-electron chi connectivity index (χ2n) is 2.50. The van der Waals surface area contributed by atoms with Crippen LogP contribution in [0.1, 0.15) is 0 Å². The smallest absolute Gasteiger partial charge is 0.496 e. The van der Waals surface area contributed by atoms with Crippen LogP contribution in [0.2, 0.25) is 0 Å². The molecule has 0 aliphatic carbocycles. The van der Waals surface area contributed by atoms with Gasteiger partial charge in [-0.3, -0.25) is 0 Å². The highest BCUT2D eigenvalue weighted by molar-refractivity contribution is 9.10. The summed E-state index contributed by atoms with van der Waals surface area (Å²) in [4.78, 5) is 0. The van der Waals surface area contributed by atoms with Gasteiger partial charge in [0.2, 0.25) is 0 Å². The molecule has 0 aromatic heterocycles. The van der Waals surface area contributed by atoms with Crippen molar-refractivity contribution < 1.29 is 30.5 Å². The zero-order chi connectivity index (χ0) is 11.0. The summed E-state index contributed by atoms with van der Waals surface area (Å²) in [5.74, 6) is -3.41. The number of phenolic OH excluding ortho intramolecular Hbond substituents is 4. The summed E-state index contributed by atoms with van der Waals surface area (Å²) < 4.78 is -0.336. The van der Waals surface area contributed by atoms with E-state index in [0.717, 1.165) is 0 Å². The molecule has 0 atom stereocenters. The Morgan fingerprint density at radius 3 is 1.43 bits per heavy atom. The molecule has 6 nitrogen and oxygen atoms in total. The average Bonchev–Trinajstić information content (AvgIpc) is 2.11. The second kappa shape index (κ2) is 3.56. The van der Waals surface area contributed by atoms with Crippen LogP contribution < -0.4 is 5.46 Å². The van der Waals surface area contributed by atoms with Gasteiger partial charge in [-0.1, -0.05) is 0 Å². The van der Waals surface area contributed by atoms with Gasteiger partial charge in [-0.2, -0.15) is 0 Å². The first-order valence-corrected chi connectivity index (χ1v) is 4.18. The molecule has 0 heterocycles. The van der Waals surface area contributed by atoms with Gasteiger partial charge in [0.1, 0.15) is 4.47 Å². The molecule has 0 bridgehead atoms. The molecule has 0 saturated carbocycles. The van der Waals surface area contributed by atoms with Crippen LogP contribution in [-0.4, -0.2) is 37.6 Å². The normalized spacial score (nSPS) is 10.2. The average molecular weight is 265 g/mol. The van der Waals surface area contributed by atoms with Gasteiger partial charge in [0.25, 0.3) is 0 Å². The lowest BCUT2D eigenvalue weighted by Gasteiger charge is -2.11. The molecule has 0 fully saturated rings. The van der Waals surface area contributed by atoms with Crippen molar-refractivity contribution in [1.29, 1.82) is 0 Å². The Morgan fingerprint density at radius 2 is 1.14 bits per heavy atom. The fourth-order valence-electron chi connectivity index (χ4n) is 0.932. The number of rotatable bonds is 1. The highest BCUT2D eigenvalue weighted by atomic mass is 79.9. The molecule has 0 saturated heterocycles. The van der Waals surface area contributed by atoms with Gasteiger partial charge in [-0.15, -0.1) is 0 Å². The van der Waals surface area contributed by atoms with Crippen molar-refractivity contribution in [3.05, 3.63) is 4.47 Å². The third kappa shape index (κ3) is 1.47. The third-order valence-corrected chi connectivity index (χ3v) is 2.38. The van der Waals surface area contributed by atoms with Crippen molar-refractivity contribution in [1.82, 2.24) is 0 Å². The van der Waals surface area contributed by atoms with E-state index in [4.69, 9.17) is 20.3 Å². The van der Waals surface area contributed by atoms with E-state index in [1.807, 2.05) is 0 Å². The Labute approximate surface area is 87.0 Å². The lowest BCUT2D eigenvalue weighted by molar-refractivity contribution is 0.365. The van der Waals surface area contributed by atoms with Gasteiger partial charge in [0.15, 0.2) is 23.0 Å². The SMILES string of the molecule is OB(O)c1c(O)c(O)c(Br)c(O)c1O. The molecule has 0 spiro atoms. The minimum Gasteiger partial charge on any atom is -0.504 e. The minimum atomic E-state index is -2.21. The molecule has 1 rings (SSSR count). The maximum Gasteiger partial charge on any atom is 0.496 e. The molecule has 76 valence electrons. The number of aromatic hydroxyl groups is 4. The monoisotopic (exact) mass is 264 g/mol. The Hall–Kier alpha value is -1.12.